The number of fused-ring (bicyclic) bond motifs is 1. The number of hydrogen-bond acceptors (Lipinski definition) is 7. The maximum atomic E-state index is 15.1. The molecule has 0 amide bonds. The van der Waals surface area contributed by atoms with Crippen LogP contribution in [0.3, 0.4) is 0 Å². The van der Waals surface area contributed by atoms with E-state index in [1.165, 1.54) is 10.4 Å². The summed E-state index contributed by atoms with van der Waals surface area (Å²) in [7, 11) is -3.25. The fraction of sp³-hybridized carbons (Fsp3) is 0.643. The minimum atomic E-state index is -3.25. The zero-order valence-corrected chi connectivity index (χ0v) is 23.2. The van der Waals surface area contributed by atoms with Crippen molar-refractivity contribution in [3.05, 3.63) is 35.2 Å². The molecule has 0 saturated carbocycles. The Bertz CT molecular complexity index is 1240. The molecule has 0 spiro atoms. The van der Waals surface area contributed by atoms with Crippen LogP contribution in [0.4, 0.5) is 4.39 Å². The maximum absolute atomic E-state index is 15.1. The summed E-state index contributed by atoms with van der Waals surface area (Å²) in [6.45, 7) is 6.74. The third kappa shape index (κ3) is 5.53. The topological polar surface area (TPSA) is 94.8 Å². The molecule has 10 heteroatoms. The van der Waals surface area contributed by atoms with Crippen LogP contribution in [0.15, 0.2) is 28.2 Å². The summed E-state index contributed by atoms with van der Waals surface area (Å²) in [6.07, 6.45) is 8.15. The van der Waals surface area contributed by atoms with Gasteiger partial charge < -0.3 is 14.7 Å². The second kappa shape index (κ2) is 11.1. The second-order valence-electron chi connectivity index (χ2n) is 11.0. The molecule has 4 aliphatic rings. The van der Waals surface area contributed by atoms with Gasteiger partial charge in [0, 0.05) is 50.3 Å². The van der Waals surface area contributed by atoms with Crippen LogP contribution >= 0.6 is 0 Å². The van der Waals surface area contributed by atoms with Gasteiger partial charge in [0.25, 0.3) is 0 Å². The van der Waals surface area contributed by atoms with E-state index in [4.69, 9.17) is 4.74 Å². The van der Waals surface area contributed by atoms with Crippen molar-refractivity contribution < 1.29 is 22.7 Å². The molecule has 2 atom stereocenters. The number of nitrogens with zero attached hydrogens (tertiary/aromatic N) is 4. The number of hydrogen-bond donors (Lipinski definition) is 1. The normalized spacial score (nSPS) is 25.5. The second-order valence-corrected chi connectivity index (χ2v) is 13.1. The van der Waals surface area contributed by atoms with Crippen LogP contribution < -0.4 is 4.74 Å². The molecule has 1 saturated heterocycles. The molecule has 0 radical (unpaired) electrons. The van der Waals surface area contributed by atoms with Crippen LogP contribution in [-0.2, 0) is 16.4 Å². The number of likely N-dealkylation sites (tertiary alicyclic amines) is 1. The molecule has 2 unspecified atom stereocenters. The highest BCUT2D eigenvalue weighted by Crippen LogP contribution is 2.41. The predicted octanol–water partition coefficient (Wildman–Crippen LogP) is 3.64. The van der Waals surface area contributed by atoms with Gasteiger partial charge in [-0.3, -0.25) is 4.99 Å². The number of guanidine groups is 1. The van der Waals surface area contributed by atoms with E-state index in [2.05, 4.69) is 21.8 Å². The summed E-state index contributed by atoms with van der Waals surface area (Å²) in [5.41, 5.74) is 1.41. The highest BCUT2D eigenvalue weighted by atomic mass is 32.2. The summed E-state index contributed by atoms with van der Waals surface area (Å²) in [5.74, 6) is 1.08. The molecule has 1 fully saturated rings. The first-order valence-electron chi connectivity index (χ1n) is 13.9. The van der Waals surface area contributed by atoms with E-state index in [1.807, 2.05) is 25.3 Å². The van der Waals surface area contributed by atoms with Gasteiger partial charge in [0.2, 0.25) is 16.0 Å². The molecule has 4 aliphatic heterocycles. The van der Waals surface area contributed by atoms with Crippen molar-refractivity contribution >= 4 is 27.8 Å². The highest BCUT2D eigenvalue weighted by molar-refractivity contribution is 7.89. The van der Waals surface area contributed by atoms with Crippen LogP contribution in [0, 0.1) is 11.7 Å². The Labute approximate surface area is 225 Å². The molecule has 0 bridgehead atoms. The summed E-state index contributed by atoms with van der Waals surface area (Å²) >= 11 is 0. The average molecular weight is 547 g/mol. The molecule has 208 valence electrons. The quantitative estimate of drug-likeness (QED) is 0.564. The fourth-order valence-corrected chi connectivity index (χ4v) is 7.39. The zero-order valence-electron chi connectivity index (χ0n) is 22.4. The molecule has 0 aromatic heterocycles. The number of benzene rings is 1. The first-order chi connectivity index (χ1) is 18.2. The summed E-state index contributed by atoms with van der Waals surface area (Å²) in [6, 6.07) is 3.41. The molecule has 38 heavy (non-hydrogen) atoms. The van der Waals surface area contributed by atoms with Crippen molar-refractivity contribution in [2.45, 2.75) is 70.5 Å². The van der Waals surface area contributed by atoms with Gasteiger partial charge in [-0.25, -0.2) is 17.8 Å². The number of rotatable bonds is 7. The number of sulfonamides is 1. The van der Waals surface area contributed by atoms with Crippen molar-refractivity contribution in [2.24, 2.45) is 15.9 Å². The number of ether oxygens (including phenoxy) is 1. The number of halogens is 1. The van der Waals surface area contributed by atoms with Gasteiger partial charge in [0.05, 0.1) is 12.3 Å². The summed E-state index contributed by atoms with van der Waals surface area (Å²) < 4.78 is 47.4. The minimum absolute atomic E-state index is 0.143. The van der Waals surface area contributed by atoms with Crippen molar-refractivity contribution in [1.82, 2.24) is 9.21 Å². The standard InChI is InChI=1S/C28H39FN4O4S/c1-3-5-20-18-30-27(31-19-20)32-12-8-28(34,9-13-32)25-17-23-15-22(16-24(29)26(23)37-25)21-6-10-33(11-7-21)38(35,36)14-4-2/h6,15-16,18,20,25,34H,3-5,7-14,17,19H2,1-2H3. The van der Waals surface area contributed by atoms with Crippen LogP contribution in [0.5, 0.6) is 5.75 Å². The van der Waals surface area contributed by atoms with Crippen LogP contribution in [0.25, 0.3) is 5.57 Å². The Morgan fingerprint density at radius 1 is 1.18 bits per heavy atom. The Kier molecular flexibility index (Phi) is 7.94. The molecule has 1 N–H and O–H groups in total. The highest BCUT2D eigenvalue weighted by Gasteiger charge is 2.45. The smallest absolute Gasteiger partial charge is 0.220 e. The van der Waals surface area contributed by atoms with E-state index in [0.717, 1.165) is 42.0 Å². The Morgan fingerprint density at radius 3 is 2.61 bits per heavy atom. The van der Waals surface area contributed by atoms with Crippen LogP contribution in [0.1, 0.15) is 63.5 Å². The van der Waals surface area contributed by atoms with Crippen LogP contribution in [0.2, 0.25) is 0 Å². The van der Waals surface area contributed by atoms with E-state index in [0.29, 0.717) is 64.2 Å². The van der Waals surface area contributed by atoms with Crippen molar-refractivity contribution in [1.29, 1.82) is 0 Å². The van der Waals surface area contributed by atoms with Gasteiger partial charge in [-0.05, 0) is 55.4 Å². The van der Waals surface area contributed by atoms with Crippen molar-refractivity contribution in [2.75, 3.05) is 38.5 Å². The first-order valence-corrected chi connectivity index (χ1v) is 15.6. The zero-order chi connectivity index (χ0) is 26.9. The molecular formula is C28H39FN4O4S. The lowest BCUT2D eigenvalue weighted by atomic mass is 9.84. The molecule has 5 rings (SSSR count). The summed E-state index contributed by atoms with van der Waals surface area (Å²) in [4.78, 5) is 11.4. The Morgan fingerprint density at radius 2 is 1.97 bits per heavy atom. The maximum Gasteiger partial charge on any atom is 0.220 e. The van der Waals surface area contributed by atoms with Crippen LogP contribution in [-0.4, -0.2) is 85.1 Å². The van der Waals surface area contributed by atoms with Crippen molar-refractivity contribution in [3.8, 4) is 5.75 Å². The van der Waals surface area contributed by atoms with Gasteiger partial charge in [0.1, 0.15) is 11.7 Å². The van der Waals surface area contributed by atoms with Crippen molar-refractivity contribution in [3.63, 3.8) is 0 Å². The van der Waals surface area contributed by atoms with Gasteiger partial charge in [0.15, 0.2) is 11.6 Å². The van der Waals surface area contributed by atoms with Gasteiger partial charge >= 0.3 is 0 Å². The molecule has 1 aromatic carbocycles. The monoisotopic (exact) mass is 546 g/mol. The number of aliphatic imine (C=N–C) groups is 2. The average Bonchev–Trinajstić information content (AvgIpc) is 3.36. The molecule has 0 aliphatic carbocycles. The molecule has 1 aromatic rings. The van der Waals surface area contributed by atoms with E-state index in [9.17, 15) is 13.5 Å². The molecular weight excluding hydrogens is 507 g/mol. The number of piperidine rings is 1. The van der Waals surface area contributed by atoms with E-state index < -0.39 is 27.5 Å². The lowest BCUT2D eigenvalue weighted by molar-refractivity contribution is -0.0839. The SMILES string of the molecule is CCCC1C=NC(N2CCC(O)(C3Cc4cc(C5=CCN(S(=O)(=O)CCC)CC5)cc(F)c4O3)CC2)=NC1. The summed E-state index contributed by atoms with van der Waals surface area (Å²) in [5, 5.41) is 11.5. The van der Waals surface area contributed by atoms with E-state index in [-0.39, 0.29) is 11.5 Å². The molecule has 8 nitrogen and oxygen atoms in total. The van der Waals surface area contributed by atoms with Gasteiger partial charge in [-0.15, -0.1) is 0 Å². The van der Waals surface area contributed by atoms with E-state index >= 15 is 4.39 Å². The third-order valence-electron chi connectivity index (χ3n) is 8.22. The lowest BCUT2D eigenvalue weighted by Crippen LogP contribution is -2.54. The minimum Gasteiger partial charge on any atom is -0.484 e. The number of aliphatic hydroxyl groups is 1. The Balaban J connectivity index is 1.22. The first kappa shape index (κ1) is 27.3. The lowest BCUT2D eigenvalue weighted by Gasteiger charge is -2.41. The fourth-order valence-electron chi connectivity index (χ4n) is 5.95. The predicted molar refractivity (Wildman–Crippen MR) is 148 cm³/mol. The largest absolute Gasteiger partial charge is 0.484 e. The van der Waals surface area contributed by atoms with E-state index in [1.54, 1.807) is 0 Å². The van der Waals surface area contributed by atoms with Gasteiger partial charge in [-0.2, -0.15) is 4.31 Å². The third-order valence-corrected chi connectivity index (χ3v) is 10.3. The van der Waals surface area contributed by atoms with Gasteiger partial charge in [-0.1, -0.05) is 26.3 Å². The molecule has 4 heterocycles. The Hall–Kier alpha value is -2.30.